The first-order valence-corrected chi connectivity index (χ1v) is 7.17. The summed E-state index contributed by atoms with van der Waals surface area (Å²) < 4.78 is 0. The Morgan fingerprint density at radius 3 is 2.38 bits per heavy atom. The molecule has 1 heterocycles. The van der Waals surface area contributed by atoms with Crippen LogP contribution in [0.5, 0.6) is 0 Å². The van der Waals surface area contributed by atoms with Crippen molar-refractivity contribution in [3.8, 4) is 0 Å². The van der Waals surface area contributed by atoms with Crippen molar-refractivity contribution in [3.63, 3.8) is 0 Å². The Morgan fingerprint density at radius 1 is 1.29 bits per heavy atom. The van der Waals surface area contributed by atoms with Gasteiger partial charge in [-0.15, -0.1) is 0 Å². The third-order valence-electron chi connectivity index (χ3n) is 3.78. The van der Waals surface area contributed by atoms with Gasteiger partial charge in [0.15, 0.2) is 5.84 Å². The third-order valence-corrected chi connectivity index (χ3v) is 4.04. The fourth-order valence-corrected chi connectivity index (χ4v) is 2.48. The van der Waals surface area contributed by atoms with Gasteiger partial charge in [0.1, 0.15) is 0 Å². The third kappa shape index (κ3) is 3.65. The van der Waals surface area contributed by atoms with Gasteiger partial charge in [0, 0.05) is 36.8 Å². The number of oxime groups is 1. The molecular formula is C14H19ClN4O2. The van der Waals surface area contributed by atoms with Crippen LogP contribution in [0.2, 0.25) is 5.02 Å². The molecule has 6 nitrogen and oxygen atoms in total. The number of hydrogen-bond donors (Lipinski definition) is 2. The predicted octanol–water partition coefficient (Wildman–Crippen LogP) is 1.23. The molecule has 114 valence electrons. The Bertz CT molecular complexity index is 524. The van der Waals surface area contributed by atoms with E-state index in [9.17, 15) is 4.79 Å². The van der Waals surface area contributed by atoms with Crippen LogP contribution in [-0.2, 0) is 0 Å². The van der Waals surface area contributed by atoms with Crippen LogP contribution < -0.4 is 5.73 Å². The molecule has 0 spiro atoms. The number of hydrogen-bond acceptors (Lipinski definition) is 4. The molecule has 3 N–H and O–H groups in total. The maximum absolute atomic E-state index is 12.4. The van der Waals surface area contributed by atoms with Crippen LogP contribution in [-0.4, -0.2) is 59.0 Å². The smallest absolute Gasteiger partial charge is 0.253 e. The van der Waals surface area contributed by atoms with Gasteiger partial charge in [0.25, 0.3) is 5.91 Å². The molecular weight excluding hydrogens is 292 g/mol. The summed E-state index contributed by atoms with van der Waals surface area (Å²) >= 11 is 5.82. The van der Waals surface area contributed by atoms with Crippen LogP contribution >= 0.6 is 11.6 Å². The molecule has 21 heavy (non-hydrogen) atoms. The van der Waals surface area contributed by atoms with Gasteiger partial charge in [-0.2, -0.15) is 0 Å². The highest BCUT2D eigenvalue weighted by atomic mass is 35.5. The predicted molar refractivity (Wildman–Crippen MR) is 81.8 cm³/mol. The average molecular weight is 311 g/mol. The summed E-state index contributed by atoms with van der Waals surface area (Å²) in [6.07, 6.45) is 0. The molecule has 1 saturated heterocycles. The Hall–Kier alpha value is -1.79. The highest BCUT2D eigenvalue weighted by Gasteiger charge is 2.26. The van der Waals surface area contributed by atoms with Gasteiger partial charge < -0.3 is 15.8 Å². The van der Waals surface area contributed by atoms with E-state index < -0.39 is 0 Å². The zero-order chi connectivity index (χ0) is 15.4. The summed E-state index contributed by atoms with van der Waals surface area (Å²) in [6, 6.07) is 6.76. The lowest BCUT2D eigenvalue weighted by Crippen LogP contribution is -2.54. The van der Waals surface area contributed by atoms with Crippen molar-refractivity contribution in [2.75, 3.05) is 26.2 Å². The largest absolute Gasteiger partial charge is 0.409 e. The summed E-state index contributed by atoms with van der Waals surface area (Å²) in [5.74, 6) is 0.190. The van der Waals surface area contributed by atoms with Gasteiger partial charge in [0.2, 0.25) is 0 Å². The molecule has 2 rings (SSSR count). The molecule has 0 aromatic heterocycles. The highest BCUT2D eigenvalue weighted by molar-refractivity contribution is 6.30. The topological polar surface area (TPSA) is 82.2 Å². The summed E-state index contributed by atoms with van der Waals surface area (Å²) in [5, 5.41) is 12.4. The van der Waals surface area contributed by atoms with Crippen LogP contribution in [0.4, 0.5) is 0 Å². The number of amides is 1. The van der Waals surface area contributed by atoms with E-state index in [0.717, 1.165) is 0 Å². The van der Waals surface area contributed by atoms with E-state index in [2.05, 4.69) is 10.1 Å². The first-order valence-electron chi connectivity index (χ1n) is 6.79. The maximum atomic E-state index is 12.4. The van der Waals surface area contributed by atoms with Crippen LogP contribution in [0, 0.1) is 0 Å². The van der Waals surface area contributed by atoms with E-state index in [4.69, 9.17) is 22.5 Å². The fraction of sp³-hybridized carbons (Fsp3) is 0.429. The minimum Gasteiger partial charge on any atom is -0.409 e. The second-order valence-corrected chi connectivity index (χ2v) is 5.47. The van der Waals surface area contributed by atoms with E-state index in [1.807, 2.05) is 6.92 Å². The normalized spacial score (nSPS) is 18.6. The summed E-state index contributed by atoms with van der Waals surface area (Å²) in [7, 11) is 0. The molecule has 1 aliphatic rings. The van der Waals surface area contributed by atoms with E-state index in [1.54, 1.807) is 29.2 Å². The monoisotopic (exact) mass is 310 g/mol. The molecule has 1 unspecified atom stereocenters. The average Bonchev–Trinajstić information content (AvgIpc) is 2.53. The van der Waals surface area contributed by atoms with Gasteiger partial charge in [-0.3, -0.25) is 9.69 Å². The van der Waals surface area contributed by atoms with Crippen molar-refractivity contribution in [2.45, 2.75) is 13.0 Å². The van der Waals surface area contributed by atoms with E-state index in [1.165, 1.54) is 0 Å². The van der Waals surface area contributed by atoms with Crippen molar-refractivity contribution in [1.29, 1.82) is 0 Å². The quantitative estimate of drug-likeness (QED) is 0.381. The molecule has 7 heteroatoms. The highest BCUT2D eigenvalue weighted by Crippen LogP contribution is 2.14. The van der Waals surface area contributed by atoms with Crippen molar-refractivity contribution in [2.24, 2.45) is 10.9 Å². The second-order valence-electron chi connectivity index (χ2n) is 5.04. The first kappa shape index (κ1) is 15.6. The van der Waals surface area contributed by atoms with Crippen LogP contribution in [0.3, 0.4) is 0 Å². The number of benzene rings is 1. The Labute approximate surface area is 128 Å². The number of carbonyl (C=O) groups excluding carboxylic acids is 1. The Morgan fingerprint density at radius 2 is 1.86 bits per heavy atom. The minimum atomic E-state index is -0.136. The van der Waals surface area contributed by atoms with Crippen molar-refractivity contribution >= 4 is 23.3 Å². The molecule has 0 bridgehead atoms. The number of halogens is 1. The zero-order valence-corrected chi connectivity index (χ0v) is 12.6. The van der Waals surface area contributed by atoms with E-state index in [-0.39, 0.29) is 17.8 Å². The molecule has 1 aromatic rings. The summed E-state index contributed by atoms with van der Waals surface area (Å²) in [4.78, 5) is 16.2. The van der Waals surface area contributed by atoms with Gasteiger partial charge in [0.05, 0.1) is 6.04 Å². The standard InChI is InChI=1S/C14H19ClN4O2/c1-10(13(16)17-21)18-6-8-19(9-7-18)14(20)11-2-4-12(15)5-3-11/h2-5,10,21H,6-9H2,1H3,(H2,16,17). The number of amidine groups is 1. The number of nitrogens with zero attached hydrogens (tertiary/aromatic N) is 3. The number of rotatable bonds is 3. The van der Waals surface area contributed by atoms with Gasteiger partial charge >= 0.3 is 0 Å². The number of nitrogens with two attached hydrogens (primary N) is 1. The van der Waals surface area contributed by atoms with Gasteiger partial charge in [-0.25, -0.2) is 0 Å². The lowest BCUT2D eigenvalue weighted by molar-refractivity contribution is 0.0619. The van der Waals surface area contributed by atoms with Gasteiger partial charge in [-0.05, 0) is 31.2 Å². The van der Waals surface area contributed by atoms with Crippen molar-refractivity contribution < 1.29 is 10.0 Å². The molecule has 1 aliphatic heterocycles. The SMILES string of the molecule is CC(C(N)=NO)N1CCN(C(=O)c2ccc(Cl)cc2)CC1. The molecule has 0 radical (unpaired) electrons. The van der Waals surface area contributed by atoms with E-state index in [0.29, 0.717) is 36.8 Å². The van der Waals surface area contributed by atoms with Gasteiger partial charge in [-0.1, -0.05) is 16.8 Å². The Kier molecular flexibility index (Phi) is 5.03. The minimum absolute atomic E-state index is 0.00256. The molecule has 1 amide bonds. The fourth-order valence-electron chi connectivity index (χ4n) is 2.36. The molecule has 1 fully saturated rings. The second kappa shape index (κ2) is 6.78. The van der Waals surface area contributed by atoms with Crippen LogP contribution in [0.15, 0.2) is 29.4 Å². The van der Waals surface area contributed by atoms with Crippen LogP contribution in [0.1, 0.15) is 17.3 Å². The Balaban J connectivity index is 1.94. The molecule has 0 aliphatic carbocycles. The number of piperazine rings is 1. The zero-order valence-electron chi connectivity index (χ0n) is 11.9. The summed E-state index contributed by atoms with van der Waals surface area (Å²) in [6.45, 7) is 4.49. The van der Waals surface area contributed by atoms with Crippen molar-refractivity contribution in [1.82, 2.24) is 9.80 Å². The summed E-state index contributed by atoms with van der Waals surface area (Å²) in [5.41, 5.74) is 6.25. The number of carbonyl (C=O) groups is 1. The lowest BCUT2D eigenvalue weighted by Gasteiger charge is -2.37. The van der Waals surface area contributed by atoms with Crippen molar-refractivity contribution in [3.05, 3.63) is 34.9 Å². The molecule has 1 atom stereocenters. The van der Waals surface area contributed by atoms with Crippen LogP contribution in [0.25, 0.3) is 0 Å². The molecule has 0 saturated carbocycles. The lowest BCUT2D eigenvalue weighted by atomic mass is 10.1. The first-order chi connectivity index (χ1) is 10.0. The van der Waals surface area contributed by atoms with E-state index >= 15 is 0 Å². The maximum Gasteiger partial charge on any atom is 0.253 e. The molecule has 1 aromatic carbocycles.